The van der Waals surface area contributed by atoms with Gasteiger partial charge in [-0.05, 0) is 43.2 Å². The number of methoxy groups -OCH3 is 1. The number of imide groups is 1. The molecule has 1 heterocycles. The van der Waals surface area contributed by atoms with E-state index in [0.29, 0.717) is 21.9 Å². The zero-order valence-electron chi connectivity index (χ0n) is 16.8. The molecule has 0 saturated heterocycles. The molecule has 0 fully saturated rings. The molecule has 29 heavy (non-hydrogen) atoms. The van der Waals surface area contributed by atoms with Crippen LogP contribution in [0.25, 0.3) is 5.57 Å². The van der Waals surface area contributed by atoms with Crippen molar-refractivity contribution in [2.75, 3.05) is 32.2 Å². The highest BCUT2D eigenvalue weighted by Gasteiger charge is 2.43. The summed E-state index contributed by atoms with van der Waals surface area (Å²) in [7, 11) is 3.15. The van der Waals surface area contributed by atoms with Gasteiger partial charge in [0.2, 0.25) is 0 Å². The summed E-state index contributed by atoms with van der Waals surface area (Å²) < 4.78 is 5.36. The molecule has 152 valence electrons. The number of hydrogen-bond donors (Lipinski definition) is 1. The van der Waals surface area contributed by atoms with Gasteiger partial charge in [0, 0.05) is 18.6 Å². The third kappa shape index (κ3) is 3.73. The number of anilines is 1. The molecule has 2 amide bonds. The highest BCUT2D eigenvalue weighted by molar-refractivity contribution is 6.46. The minimum Gasteiger partial charge on any atom is -0.495 e. The first-order valence-corrected chi connectivity index (χ1v) is 9.54. The fourth-order valence-corrected chi connectivity index (χ4v) is 3.69. The van der Waals surface area contributed by atoms with Crippen LogP contribution in [0.2, 0.25) is 5.02 Å². The van der Waals surface area contributed by atoms with Crippen molar-refractivity contribution in [3.05, 3.63) is 63.8 Å². The molecule has 0 atom stereocenters. The van der Waals surface area contributed by atoms with Crippen LogP contribution in [0.4, 0.5) is 5.69 Å². The molecular weight excluding hydrogens is 392 g/mol. The van der Waals surface area contributed by atoms with Gasteiger partial charge >= 0.3 is 0 Å². The second-order valence-electron chi connectivity index (χ2n) is 6.95. The number of carbonyl (C=O) groups excluding carboxylic acids is 2. The van der Waals surface area contributed by atoms with Crippen LogP contribution in [0.3, 0.4) is 0 Å². The molecule has 2 aromatic carbocycles. The minimum absolute atomic E-state index is 0.151. The SMILES string of the molecule is COc1ccc(Cl)cc1N1C(=O)C(c2ccc(C)cc2C)=C(N(C)CCO)C1=O. The summed E-state index contributed by atoms with van der Waals surface area (Å²) in [6.45, 7) is 3.93. The van der Waals surface area contributed by atoms with Crippen LogP contribution >= 0.6 is 11.6 Å². The molecule has 7 heteroatoms. The van der Waals surface area contributed by atoms with Gasteiger partial charge in [-0.15, -0.1) is 0 Å². The fraction of sp³-hybridized carbons (Fsp3) is 0.273. The van der Waals surface area contributed by atoms with E-state index in [1.165, 1.54) is 13.2 Å². The lowest BCUT2D eigenvalue weighted by Crippen LogP contribution is -2.35. The van der Waals surface area contributed by atoms with E-state index in [9.17, 15) is 14.7 Å². The Morgan fingerprint density at radius 1 is 1.10 bits per heavy atom. The molecule has 1 aliphatic heterocycles. The summed E-state index contributed by atoms with van der Waals surface area (Å²) in [5, 5.41) is 9.77. The molecule has 0 spiro atoms. The van der Waals surface area contributed by atoms with Gasteiger partial charge in [-0.25, -0.2) is 4.90 Å². The van der Waals surface area contributed by atoms with Gasteiger partial charge in [-0.1, -0.05) is 35.4 Å². The van der Waals surface area contributed by atoms with Crippen LogP contribution in [0.5, 0.6) is 5.75 Å². The first kappa shape index (κ1) is 20.9. The summed E-state index contributed by atoms with van der Waals surface area (Å²) in [5.74, 6) is -0.578. The van der Waals surface area contributed by atoms with Crippen molar-refractivity contribution in [1.29, 1.82) is 0 Å². The Morgan fingerprint density at radius 2 is 1.83 bits per heavy atom. The second kappa shape index (κ2) is 8.27. The first-order valence-electron chi connectivity index (χ1n) is 9.16. The van der Waals surface area contributed by atoms with Crippen LogP contribution in [-0.2, 0) is 9.59 Å². The number of ether oxygens (including phenoxy) is 1. The number of halogens is 1. The van der Waals surface area contributed by atoms with Crippen LogP contribution in [0, 0.1) is 13.8 Å². The number of amides is 2. The molecule has 0 bridgehead atoms. The Kier molecular flexibility index (Phi) is 5.96. The normalized spacial score (nSPS) is 14.1. The number of likely N-dealkylation sites (N-methyl/N-ethyl adjacent to an activating group) is 1. The summed E-state index contributed by atoms with van der Waals surface area (Å²) in [5.41, 5.74) is 3.43. The zero-order chi connectivity index (χ0) is 21.3. The van der Waals surface area contributed by atoms with Crippen molar-refractivity contribution in [2.45, 2.75) is 13.8 Å². The number of aliphatic hydroxyl groups is 1. The van der Waals surface area contributed by atoms with Gasteiger partial charge in [-0.2, -0.15) is 0 Å². The maximum absolute atomic E-state index is 13.5. The molecule has 1 N–H and O–H groups in total. The van der Waals surface area contributed by atoms with Crippen molar-refractivity contribution < 1.29 is 19.4 Å². The lowest BCUT2D eigenvalue weighted by molar-refractivity contribution is -0.120. The standard InChI is InChI=1S/C22H23ClN2O4/c1-13-5-7-16(14(2)11-13)19-20(24(3)9-10-26)22(28)25(21(19)27)17-12-15(23)6-8-18(17)29-4/h5-8,11-12,26H,9-10H2,1-4H3. The smallest absolute Gasteiger partial charge is 0.282 e. The predicted octanol–water partition coefficient (Wildman–Crippen LogP) is 3.17. The van der Waals surface area contributed by atoms with Gasteiger partial charge in [0.1, 0.15) is 11.4 Å². The molecule has 0 aromatic heterocycles. The van der Waals surface area contributed by atoms with Crippen molar-refractivity contribution in [2.24, 2.45) is 0 Å². The lowest BCUT2D eigenvalue weighted by atomic mass is 9.97. The number of carbonyl (C=O) groups is 2. The van der Waals surface area contributed by atoms with E-state index in [4.69, 9.17) is 16.3 Å². The van der Waals surface area contributed by atoms with E-state index in [1.807, 2.05) is 32.0 Å². The van der Waals surface area contributed by atoms with Crippen molar-refractivity contribution >= 4 is 34.7 Å². The van der Waals surface area contributed by atoms with Crippen LogP contribution < -0.4 is 9.64 Å². The topological polar surface area (TPSA) is 70.1 Å². The second-order valence-corrected chi connectivity index (χ2v) is 7.39. The quantitative estimate of drug-likeness (QED) is 0.735. The third-order valence-electron chi connectivity index (χ3n) is 4.91. The minimum atomic E-state index is -0.485. The molecule has 3 rings (SSSR count). The molecular formula is C22H23ClN2O4. The number of nitrogens with zero attached hydrogens (tertiary/aromatic N) is 2. The van der Waals surface area contributed by atoms with Crippen molar-refractivity contribution in [3.63, 3.8) is 0 Å². The predicted molar refractivity (Wildman–Crippen MR) is 113 cm³/mol. The molecule has 0 unspecified atom stereocenters. The van der Waals surface area contributed by atoms with E-state index in [2.05, 4.69) is 0 Å². The molecule has 2 aromatic rings. The number of benzene rings is 2. The lowest BCUT2D eigenvalue weighted by Gasteiger charge is -2.21. The highest BCUT2D eigenvalue weighted by atomic mass is 35.5. The summed E-state index contributed by atoms with van der Waals surface area (Å²) in [6, 6.07) is 10.5. The Morgan fingerprint density at radius 3 is 2.45 bits per heavy atom. The van der Waals surface area contributed by atoms with Gasteiger partial charge in [0.25, 0.3) is 11.8 Å². The van der Waals surface area contributed by atoms with E-state index in [1.54, 1.807) is 24.1 Å². The van der Waals surface area contributed by atoms with E-state index >= 15 is 0 Å². The Bertz CT molecular complexity index is 1020. The Labute approximate surface area is 174 Å². The summed E-state index contributed by atoms with van der Waals surface area (Å²) in [6.07, 6.45) is 0. The van der Waals surface area contributed by atoms with Crippen molar-refractivity contribution in [1.82, 2.24) is 4.90 Å². The van der Waals surface area contributed by atoms with Crippen molar-refractivity contribution in [3.8, 4) is 5.75 Å². The average Bonchev–Trinajstić information content (AvgIpc) is 2.92. The first-order chi connectivity index (χ1) is 13.8. The highest BCUT2D eigenvalue weighted by Crippen LogP contribution is 2.40. The largest absolute Gasteiger partial charge is 0.495 e. The van der Waals surface area contributed by atoms with Gasteiger partial charge in [-0.3, -0.25) is 9.59 Å². The van der Waals surface area contributed by atoms with Gasteiger partial charge < -0.3 is 14.7 Å². The van der Waals surface area contributed by atoms with Crippen LogP contribution in [-0.4, -0.2) is 49.1 Å². The molecule has 0 aliphatic carbocycles. The summed E-state index contributed by atoms with van der Waals surface area (Å²) >= 11 is 6.13. The number of rotatable bonds is 6. The fourth-order valence-electron chi connectivity index (χ4n) is 3.53. The Balaban J connectivity index is 2.22. The van der Waals surface area contributed by atoms with Crippen LogP contribution in [0.15, 0.2) is 42.1 Å². The number of aryl methyl sites for hydroxylation is 2. The van der Waals surface area contributed by atoms with E-state index in [0.717, 1.165) is 16.0 Å². The van der Waals surface area contributed by atoms with Crippen LogP contribution in [0.1, 0.15) is 16.7 Å². The molecule has 1 aliphatic rings. The maximum Gasteiger partial charge on any atom is 0.282 e. The van der Waals surface area contributed by atoms with Gasteiger partial charge in [0.05, 0.1) is 25.0 Å². The third-order valence-corrected chi connectivity index (χ3v) is 5.14. The number of hydrogen-bond acceptors (Lipinski definition) is 5. The molecule has 0 saturated carbocycles. The van der Waals surface area contributed by atoms with E-state index < -0.39 is 11.8 Å². The monoisotopic (exact) mass is 414 g/mol. The Hall–Kier alpha value is -2.83. The number of aliphatic hydroxyl groups excluding tert-OH is 1. The average molecular weight is 415 g/mol. The molecule has 0 radical (unpaired) electrons. The summed E-state index contributed by atoms with van der Waals surface area (Å²) in [4.78, 5) is 29.6. The van der Waals surface area contributed by atoms with Gasteiger partial charge in [0.15, 0.2) is 0 Å². The maximum atomic E-state index is 13.5. The molecule has 6 nitrogen and oxygen atoms in total. The zero-order valence-corrected chi connectivity index (χ0v) is 17.6. The van der Waals surface area contributed by atoms with E-state index in [-0.39, 0.29) is 24.5 Å².